The van der Waals surface area contributed by atoms with Gasteiger partial charge < -0.3 is 5.32 Å². The van der Waals surface area contributed by atoms with Crippen molar-refractivity contribution in [2.24, 2.45) is 11.8 Å². The van der Waals surface area contributed by atoms with Crippen molar-refractivity contribution < 1.29 is 13.2 Å². The molecule has 0 saturated carbocycles. The molecule has 1 heterocycles. The van der Waals surface area contributed by atoms with E-state index in [1.54, 1.807) is 24.3 Å². The zero-order valence-electron chi connectivity index (χ0n) is 15.0. The van der Waals surface area contributed by atoms with Crippen molar-refractivity contribution in [3.8, 4) is 0 Å². The SMILES string of the molecule is CC(C)C(C)NC(=O)C1CCCN(S(=O)(=O)Cc2ccc(Cl)cc2)C1. The molecule has 0 aliphatic carbocycles. The first-order valence-electron chi connectivity index (χ1n) is 8.71. The van der Waals surface area contributed by atoms with Gasteiger partial charge in [-0.2, -0.15) is 0 Å². The molecule has 1 aromatic carbocycles. The van der Waals surface area contributed by atoms with Gasteiger partial charge in [0.15, 0.2) is 0 Å². The van der Waals surface area contributed by atoms with E-state index in [-0.39, 0.29) is 30.2 Å². The van der Waals surface area contributed by atoms with Crippen LogP contribution in [0.3, 0.4) is 0 Å². The summed E-state index contributed by atoms with van der Waals surface area (Å²) in [6.07, 6.45) is 1.43. The Morgan fingerprint density at radius 3 is 2.52 bits per heavy atom. The minimum Gasteiger partial charge on any atom is -0.353 e. The van der Waals surface area contributed by atoms with Crippen LogP contribution >= 0.6 is 11.6 Å². The summed E-state index contributed by atoms with van der Waals surface area (Å²) >= 11 is 5.84. The van der Waals surface area contributed by atoms with Crippen LogP contribution in [0.2, 0.25) is 5.02 Å². The number of hydrogen-bond donors (Lipinski definition) is 1. The first-order chi connectivity index (χ1) is 11.7. The average Bonchev–Trinajstić information content (AvgIpc) is 2.56. The molecule has 25 heavy (non-hydrogen) atoms. The molecule has 7 heteroatoms. The molecular weight excluding hydrogens is 360 g/mol. The maximum atomic E-state index is 12.7. The number of nitrogens with one attached hydrogen (secondary N) is 1. The molecule has 0 aromatic heterocycles. The molecule has 2 atom stereocenters. The number of benzene rings is 1. The predicted octanol–water partition coefficient (Wildman–Crippen LogP) is 3.04. The topological polar surface area (TPSA) is 66.5 Å². The number of sulfonamides is 1. The van der Waals surface area contributed by atoms with Crippen molar-refractivity contribution in [1.29, 1.82) is 0 Å². The average molecular weight is 387 g/mol. The Morgan fingerprint density at radius 1 is 1.28 bits per heavy atom. The maximum Gasteiger partial charge on any atom is 0.224 e. The lowest BCUT2D eigenvalue weighted by Crippen LogP contribution is -2.48. The van der Waals surface area contributed by atoms with E-state index in [0.29, 0.717) is 29.5 Å². The molecular formula is C18H27ClN2O3S. The van der Waals surface area contributed by atoms with Gasteiger partial charge in [-0.1, -0.05) is 37.6 Å². The van der Waals surface area contributed by atoms with Gasteiger partial charge in [0, 0.05) is 24.2 Å². The van der Waals surface area contributed by atoms with E-state index >= 15 is 0 Å². The summed E-state index contributed by atoms with van der Waals surface area (Å²) < 4.78 is 26.9. The lowest BCUT2D eigenvalue weighted by molar-refractivity contribution is -0.127. The van der Waals surface area contributed by atoms with Crippen molar-refractivity contribution >= 4 is 27.5 Å². The van der Waals surface area contributed by atoms with Gasteiger partial charge >= 0.3 is 0 Å². The van der Waals surface area contributed by atoms with Gasteiger partial charge in [0.25, 0.3) is 0 Å². The second kappa shape index (κ2) is 8.52. The number of carbonyl (C=O) groups is 1. The summed E-state index contributed by atoms with van der Waals surface area (Å²) in [4.78, 5) is 12.4. The number of hydrogen-bond acceptors (Lipinski definition) is 3. The highest BCUT2D eigenvalue weighted by molar-refractivity contribution is 7.88. The minimum absolute atomic E-state index is 0.0485. The van der Waals surface area contributed by atoms with Crippen LogP contribution in [0.15, 0.2) is 24.3 Å². The lowest BCUT2D eigenvalue weighted by Gasteiger charge is -2.32. The van der Waals surface area contributed by atoms with Gasteiger partial charge in [0.1, 0.15) is 0 Å². The van der Waals surface area contributed by atoms with Gasteiger partial charge in [-0.3, -0.25) is 4.79 Å². The Kier molecular flexibility index (Phi) is 6.88. The van der Waals surface area contributed by atoms with E-state index in [0.717, 1.165) is 6.42 Å². The maximum absolute atomic E-state index is 12.7. The molecule has 5 nitrogen and oxygen atoms in total. The van der Waals surface area contributed by atoms with Crippen LogP contribution in [0.25, 0.3) is 0 Å². The van der Waals surface area contributed by atoms with Crippen LogP contribution in [0.4, 0.5) is 0 Å². The summed E-state index contributed by atoms with van der Waals surface area (Å²) in [5.41, 5.74) is 0.699. The van der Waals surface area contributed by atoms with E-state index < -0.39 is 10.0 Å². The Morgan fingerprint density at radius 2 is 1.92 bits per heavy atom. The van der Waals surface area contributed by atoms with Gasteiger partial charge in [0.05, 0.1) is 11.7 Å². The van der Waals surface area contributed by atoms with Crippen LogP contribution < -0.4 is 5.32 Å². The highest BCUT2D eigenvalue weighted by atomic mass is 35.5. The molecule has 2 rings (SSSR count). The quantitative estimate of drug-likeness (QED) is 0.817. The van der Waals surface area contributed by atoms with E-state index in [9.17, 15) is 13.2 Å². The molecule has 2 unspecified atom stereocenters. The fourth-order valence-electron chi connectivity index (χ4n) is 2.80. The second-order valence-corrected chi connectivity index (χ2v) is 9.53. The van der Waals surface area contributed by atoms with Crippen molar-refractivity contribution in [2.45, 2.75) is 45.4 Å². The summed E-state index contributed by atoms with van der Waals surface area (Å²) in [7, 11) is -3.45. The highest BCUT2D eigenvalue weighted by Gasteiger charge is 2.32. The first kappa shape index (κ1) is 20.2. The fraction of sp³-hybridized carbons (Fsp3) is 0.611. The molecule has 0 bridgehead atoms. The smallest absolute Gasteiger partial charge is 0.224 e. The van der Waals surface area contributed by atoms with Crippen molar-refractivity contribution in [1.82, 2.24) is 9.62 Å². The van der Waals surface area contributed by atoms with Crippen LogP contribution in [-0.2, 0) is 20.6 Å². The molecule has 1 saturated heterocycles. The third-order valence-electron chi connectivity index (χ3n) is 4.78. The van der Waals surface area contributed by atoms with Crippen LogP contribution in [0.1, 0.15) is 39.2 Å². The van der Waals surface area contributed by atoms with Gasteiger partial charge in [-0.15, -0.1) is 0 Å². The van der Waals surface area contributed by atoms with Crippen LogP contribution in [0.5, 0.6) is 0 Å². The Bertz CT molecular complexity index is 689. The number of nitrogens with zero attached hydrogens (tertiary/aromatic N) is 1. The normalized spacial score (nSPS) is 20.4. The number of halogens is 1. The summed E-state index contributed by atoms with van der Waals surface area (Å²) in [6, 6.07) is 6.89. The van der Waals surface area contributed by atoms with E-state index in [2.05, 4.69) is 19.2 Å². The molecule has 0 radical (unpaired) electrons. The zero-order valence-corrected chi connectivity index (χ0v) is 16.6. The van der Waals surface area contributed by atoms with Crippen LogP contribution in [0, 0.1) is 11.8 Å². The van der Waals surface area contributed by atoms with Crippen LogP contribution in [-0.4, -0.2) is 37.8 Å². The van der Waals surface area contributed by atoms with Crippen molar-refractivity contribution in [3.05, 3.63) is 34.9 Å². The van der Waals surface area contributed by atoms with Crippen molar-refractivity contribution in [2.75, 3.05) is 13.1 Å². The van der Waals surface area contributed by atoms with E-state index in [4.69, 9.17) is 11.6 Å². The van der Waals surface area contributed by atoms with E-state index in [1.165, 1.54) is 4.31 Å². The molecule has 1 fully saturated rings. The minimum atomic E-state index is -3.45. The van der Waals surface area contributed by atoms with Gasteiger partial charge in [-0.05, 0) is 43.4 Å². The largest absolute Gasteiger partial charge is 0.353 e. The monoisotopic (exact) mass is 386 g/mol. The predicted molar refractivity (Wildman–Crippen MR) is 101 cm³/mol. The first-order valence-corrected chi connectivity index (χ1v) is 10.7. The molecule has 1 aliphatic heterocycles. The number of carbonyl (C=O) groups excluding carboxylic acids is 1. The molecule has 0 spiro atoms. The Hall–Kier alpha value is -1.11. The fourth-order valence-corrected chi connectivity index (χ4v) is 4.54. The third-order valence-corrected chi connectivity index (χ3v) is 6.85. The summed E-state index contributed by atoms with van der Waals surface area (Å²) in [6.45, 7) is 6.80. The van der Waals surface area contributed by atoms with Gasteiger partial charge in [0.2, 0.25) is 15.9 Å². The van der Waals surface area contributed by atoms with E-state index in [1.807, 2.05) is 6.92 Å². The number of rotatable bonds is 6. The summed E-state index contributed by atoms with van der Waals surface area (Å²) in [5.74, 6) is -0.0548. The molecule has 140 valence electrons. The highest BCUT2D eigenvalue weighted by Crippen LogP contribution is 2.22. The number of amides is 1. The third kappa shape index (κ3) is 5.69. The molecule has 1 aliphatic rings. The lowest BCUT2D eigenvalue weighted by atomic mass is 9.97. The Labute approximate surface area is 155 Å². The van der Waals surface area contributed by atoms with Gasteiger partial charge in [-0.25, -0.2) is 12.7 Å². The second-order valence-electron chi connectivity index (χ2n) is 7.12. The summed E-state index contributed by atoms with van der Waals surface area (Å²) in [5, 5.41) is 3.58. The molecule has 1 N–H and O–H groups in total. The standard InChI is InChI=1S/C18H27ClN2O3S/c1-13(2)14(3)20-18(22)16-5-4-10-21(11-16)25(23,24)12-15-6-8-17(19)9-7-15/h6-9,13-14,16H,4-5,10-12H2,1-3H3,(H,20,22). The van der Waals surface area contributed by atoms with Crippen molar-refractivity contribution in [3.63, 3.8) is 0 Å². The molecule has 1 amide bonds. The Balaban J connectivity index is 2.01. The molecule has 1 aromatic rings. The number of piperidine rings is 1. The zero-order chi connectivity index (χ0) is 18.6.